The Bertz CT molecular complexity index is 659. The van der Waals surface area contributed by atoms with Gasteiger partial charge < -0.3 is 54.9 Å². The standard InChI is InChI=1S/C12H23FO16P2/c13-5(1-14)9(18)10(19)7(17)4-28-31(25,26)29-8(2-15)12(21)11(20)6(16)3-27-30(22,23)24/h1-2,5-12,16-21H,3-4H2,(H,25,26)(H2,22,23,24)/t5-,6+,7+,8-,9+,10+,11+,12+/m0/s1. The number of carbonyl (C=O) groups excluding carboxylic acids is 2. The summed E-state index contributed by atoms with van der Waals surface area (Å²) in [5, 5.41) is 57.1. The van der Waals surface area contributed by atoms with E-state index in [9.17, 15) is 58.6 Å². The average molecular weight is 504 g/mol. The van der Waals surface area contributed by atoms with Crippen molar-refractivity contribution in [2.45, 2.75) is 48.9 Å². The van der Waals surface area contributed by atoms with E-state index in [4.69, 9.17) is 9.79 Å². The summed E-state index contributed by atoms with van der Waals surface area (Å²) in [5.74, 6) is 0. The maximum atomic E-state index is 13.0. The number of aliphatic hydroxyl groups excluding tert-OH is 6. The molecule has 31 heavy (non-hydrogen) atoms. The zero-order valence-corrected chi connectivity index (χ0v) is 17.1. The van der Waals surface area contributed by atoms with E-state index in [0.29, 0.717) is 0 Å². The molecule has 0 rings (SSSR count). The van der Waals surface area contributed by atoms with Crippen molar-refractivity contribution in [2.75, 3.05) is 13.2 Å². The molecule has 0 fully saturated rings. The third-order valence-electron chi connectivity index (χ3n) is 3.49. The van der Waals surface area contributed by atoms with Crippen LogP contribution in [0.5, 0.6) is 0 Å². The fourth-order valence-electron chi connectivity index (χ4n) is 1.81. The second kappa shape index (κ2) is 13.1. The van der Waals surface area contributed by atoms with Crippen LogP contribution in [0.3, 0.4) is 0 Å². The SMILES string of the molecule is O=C[C@H](OP(=O)(O)OC[C@@H](O)[C@@H](O)[C@H](O)[C@@H](F)C=O)[C@@H](O)[C@H](O)[C@H](O)COP(=O)(O)O. The number of hydrogen-bond donors (Lipinski definition) is 9. The molecule has 0 amide bonds. The highest BCUT2D eigenvalue weighted by Crippen LogP contribution is 2.45. The zero-order chi connectivity index (χ0) is 24.6. The first-order valence-electron chi connectivity index (χ1n) is 8.05. The highest BCUT2D eigenvalue weighted by Gasteiger charge is 2.39. The van der Waals surface area contributed by atoms with Crippen LogP contribution in [0.25, 0.3) is 0 Å². The smallest absolute Gasteiger partial charge is 0.388 e. The summed E-state index contributed by atoms with van der Waals surface area (Å²) in [6.07, 6.45) is -19.7. The molecule has 0 radical (unpaired) electrons. The minimum absolute atomic E-state index is 0.316. The Balaban J connectivity index is 4.92. The number of aliphatic hydroxyl groups is 6. The first-order valence-corrected chi connectivity index (χ1v) is 11.1. The maximum absolute atomic E-state index is 13.0. The van der Waals surface area contributed by atoms with Crippen molar-refractivity contribution in [3.63, 3.8) is 0 Å². The van der Waals surface area contributed by atoms with Gasteiger partial charge in [-0.2, -0.15) is 0 Å². The van der Waals surface area contributed by atoms with Gasteiger partial charge in [0.05, 0.1) is 13.2 Å². The minimum Gasteiger partial charge on any atom is -0.388 e. The van der Waals surface area contributed by atoms with Crippen molar-refractivity contribution in [3.05, 3.63) is 0 Å². The molecule has 184 valence electrons. The number of halogens is 1. The Morgan fingerprint density at radius 2 is 1.19 bits per heavy atom. The zero-order valence-electron chi connectivity index (χ0n) is 15.3. The van der Waals surface area contributed by atoms with Crippen molar-refractivity contribution in [1.29, 1.82) is 0 Å². The molecule has 0 aliphatic heterocycles. The molecule has 0 aliphatic carbocycles. The molecule has 0 heterocycles. The molecule has 1 unspecified atom stereocenters. The number of phosphoric ester groups is 2. The van der Waals surface area contributed by atoms with Gasteiger partial charge in [0.15, 0.2) is 24.8 Å². The van der Waals surface area contributed by atoms with Gasteiger partial charge in [0.1, 0.15) is 36.6 Å². The van der Waals surface area contributed by atoms with Gasteiger partial charge in [-0.25, -0.2) is 13.5 Å². The van der Waals surface area contributed by atoms with Crippen LogP contribution in [0.15, 0.2) is 0 Å². The van der Waals surface area contributed by atoms with Crippen LogP contribution in [0.4, 0.5) is 4.39 Å². The summed E-state index contributed by atoms with van der Waals surface area (Å²) in [6.45, 7) is -2.52. The number of rotatable bonds is 16. The van der Waals surface area contributed by atoms with Crippen molar-refractivity contribution in [2.24, 2.45) is 0 Å². The van der Waals surface area contributed by atoms with E-state index < -0.39 is 77.8 Å². The average Bonchev–Trinajstić information content (AvgIpc) is 2.70. The fraction of sp³-hybridized carbons (Fsp3) is 0.833. The number of alkyl halides is 1. The van der Waals surface area contributed by atoms with Gasteiger partial charge in [-0.05, 0) is 0 Å². The lowest BCUT2D eigenvalue weighted by Gasteiger charge is -2.28. The summed E-state index contributed by atoms with van der Waals surface area (Å²) in [4.78, 5) is 47.7. The summed E-state index contributed by atoms with van der Waals surface area (Å²) in [7, 11) is -10.4. The largest absolute Gasteiger partial charge is 0.473 e. The van der Waals surface area contributed by atoms with Crippen LogP contribution in [-0.2, 0) is 32.3 Å². The lowest BCUT2D eigenvalue weighted by Crippen LogP contribution is -2.47. The summed E-state index contributed by atoms with van der Waals surface area (Å²) >= 11 is 0. The van der Waals surface area contributed by atoms with Gasteiger partial charge in [0, 0.05) is 0 Å². The molecule has 0 aromatic rings. The normalized spacial score (nSPS) is 22.3. The molecule has 19 heteroatoms. The first-order chi connectivity index (χ1) is 14.1. The van der Waals surface area contributed by atoms with Gasteiger partial charge in [0.25, 0.3) is 0 Å². The molecule has 9 N–H and O–H groups in total. The van der Waals surface area contributed by atoms with Crippen LogP contribution in [0.2, 0.25) is 0 Å². The van der Waals surface area contributed by atoms with Crippen molar-refractivity contribution < 1.29 is 82.0 Å². The molecule has 0 saturated heterocycles. The molecule has 16 nitrogen and oxygen atoms in total. The van der Waals surface area contributed by atoms with E-state index >= 15 is 0 Å². The predicted molar refractivity (Wildman–Crippen MR) is 91.7 cm³/mol. The highest BCUT2D eigenvalue weighted by molar-refractivity contribution is 7.47. The molecule has 0 aromatic carbocycles. The monoisotopic (exact) mass is 504 g/mol. The van der Waals surface area contributed by atoms with E-state index in [1.165, 1.54) is 0 Å². The fourth-order valence-corrected chi connectivity index (χ4v) is 3.04. The summed E-state index contributed by atoms with van der Waals surface area (Å²) in [5.41, 5.74) is 0. The number of aldehydes is 2. The Morgan fingerprint density at radius 3 is 1.61 bits per heavy atom. The number of phosphoric acid groups is 2. The maximum Gasteiger partial charge on any atom is 0.473 e. The van der Waals surface area contributed by atoms with Crippen LogP contribution in [-0.4, -0.2) is 120 Å². The van der Waals surface area contributed by atoms with Crippen LogP contribution in [0.1, 0.15) is 0 Å². The van der Waals surface area contributed by atoms with Crippen molar-refractivity contribution >= 4 is 28.2 Å². The van der Waals surface area contributed by atoms with Crippen molar-refractivity contribution in [1.82, 2.24) is 0 Å². The molecule has 0 aliphatic rings. The van der Waals surface area contributed by atoms with Gasteiger partial charge in [-0.1, -0.05) is 0 Å². The van der Waals surface area contributed by atoms with Crippen LogP contribution < -0.4 is 0 Å². The molecule has 0 aromatic heterocycles. The summed E-state index contributed by atoms with van der Waals surface area (Å²) in [6, 6.07) is 0. The Labute approximate surface area is 173 Å². The third kappa shape index (κ3) is 11.1. The third-order valence-corrected chi connectivity index (χ3v) is 4.96. The molecular formula is C12H23FO16P2. The Morgan fingerprint density at radius 1 is 0.742 bits per heavy atom. The van der Waals surface area contributed by atoms with E-state index in [0.717, 1.165) is 0 Å². The van der Waals surface area contributed by atoms with E-state index in [-0.39, 0.29) is 12.6 Å². The topological polar surface area (TPSA) is 278 Å². The van der Waals surface area contributed by atoms with E-state index in [2.05, 4.69) is 13.6 Å². The Hall–Kier alpha value is -0.750. The lowest BCUT2D eigenvalue weighted by molar-refractivity contribution is -0.136. The highest BCUT2D eigenvalue weighted by atomic mass is 31.2. The second-order valence-electron chi connectivity index (χ2n) is 5.93. The second-order valence-corrected chi connectivity index (χ2v) is 8.58. The predicted octanol–water partition coefficient (Wildman–Crippen LogP) is -4.50. The number of hydrogen-bond acceptors (Lipinski definition) is 13. The van der Waals surface area contributed by atoms with E-state index in [1.54, 1.807) is 0 Å². The van der Waals surface area contributed by atoms with Gasteiger partial charge in [0.2, 0.25) is 0 Å². The molecular weight excluding hydrogens is 481 g/mol. The molecule has 0 saturated carbocycles. The summed E-state index contributed by atoms with van der Waals surface area (Å²) < 4.78 is 47.6. The first kappa shape index (κ1) is 30.2. The minimum atomic E-state index is -5.34. The van der Waals surface area contributed by atoms with Gasteiger partial charge in [-0.15, -0.1) is 0 Å². The van der Waals surface area contributed by atoms with E-state index in [1.807, 2.05) is 0 Å². The van der Waals surface area contributed by atoms with Crippen LogP contribution in [0, 0.1) is 0 Å². The van der Waals surface area contributed by atoms with Gasteiger partial charge >= 0.3 is 15.6 Å². The van der Waals surface area contributed by atoms with Gasteiger partial charge in [-0.3, -0.25) is 13.6 Å². The quantitative estimate of drug-likeness (QED) is 0.0707. The van der Waals surface area contributed by atoms with Crippen LogP contribution >= 0.6 is 15.6 Å². The molecule has 9 atom stereocenters. The molecule has 0 bridgehead atoms. The molecule has 0 spiro atoms. The Kier molecular flexibility index (Phi) is 12.8. The van der Waals surface area contributed by atoms with Crippen molar-refractivity contribution in [3.8, 4) is 0 Å². The number of carbonyl (C=O) groups is 2. The lowest BCUT2D eigenvalue weighted by atomic mass is 10.0.